The maximum atomic E-state index is 13.7. The molecule has 4 rings (SSSR count). The molecule has 26 heavy (non-hydrogen) atoms. The van der Waals surface area contributed by atoms with Gasteiger partial charge >= 0.3 is 6.03 Å². The number of carbonyl (C=O) groups is 1. The molecule has 0 spiro atoms. The molecule has 134 valence electrons. The summed E-state index contributed by atoms with van der Waals surface area (Å²) in [5, 5.41) is 2.44. The summed E-state index contributed by atoms with van der Waals surface area (Å²) in [6.07, 6.45) is 2.46. The van der Waals surface area contributed by atoms with Gasteiger partial charge in [0, 0.05) is 38.3 Å². The molecule has 1 atom stereocenters. The van der Waals surface area contributed by atoms with Crippen molar-refractivity contribution >= 4 is 22.9 Å². The van der Waals surface area contributed by atoms with Crippen LogP contribution in [0.4, 0.5) is 19.3 Å². The molecule has 0 saturated carbocycles. The maximum absolute atomic E-state index is 13.7. The summed E-state index contributed by atoms with van der Waals surface area (Å²) in [4.78, 5) is 22.9. The summed E-state index contributed by atoms with van der Waals surface area (Å²) in [6, 6.07) is 6.26. The number of rotatable bonds is 2. The van der Waals surface area contributed by atoms with Crippen molar-refractivity contribution in [2.24, 2.45) is 7.05 Å². The standard InChI is InChI=1S/C18H17F2N5O/c1-24-16(22-14-3-2-7-21-17(14)24)11-6-8-25(10-11)18(26)23-15-9-12(19)4-5-13(15)20/h2-5,7,9,11H,6,8,10H2,1H3,(H,23,26). The highest BCUT2D eigenvalue weighted by Crippen LogP contribution is 2.29. The number of nitrogens with zero attached hydrogens (tertiary/aromatic N) is 4. The van der Waals surface area contributed by atoms with Crippen LogP contribution >= 0.6 is 0 Å². The van der Waals surface area contributed by atoms with Gasteiger partial charge in [0.25, 0.3) is 0 Å². The minimum Gasteiger partial charge on any atom is -0.324 e. The third-order valence-electron chi connectivity index (χ3n) is 4.67. The fourth-order valence-electron chi connectivity index (χ4n) is 3.35. The second-order valence-electron chi connectivity index (χ2n) is 6.36. The van der Waals surface area contributed by atoms with Crippen molar-refractivity contribution in [3.63, 3.8) is 0 Å². The van der Waals surface area contributed by atoms with Crippen LogP contribution in [0, 0.1) is 11.6 Å². The van der Waals surface area contributed by atoms with Gasteiger partial charge in [-0.2, -0.15) is 0 Å². The predicted molar refractivity (Wildman–Crippen MR) is 92.8 cm³/mol. The summed E-state index contributed by atoms with van der Waals surface area (Å²) >= 11 is 0. The molecular formula is C18H17F2N5O. The zero-order chi connectivity index (χ0) is 18.3. The lowest BCUT2D eigenvalue weighted by atomic mass is 10.1. The molecule has 6 nitrogen and oxygen atoms in total. The minimum absolute atomic E-state index is 0.0670. The SMILES string of the molecule is Cn1c(C2CCN(C(=O)Nc3cc(F)ccc3F)C2)nc2cccnc21. The first-order chi connectivity index (χ1) is 12.5. The number of aromatic nitrogens is 3. The molecule has 0 radical (unpaired) electrons. The first-order valence-electron chi connectivity index (χ1n) is 8.31. The number of likely N-dealkylation sites (tertiary alicyclic amines) is 1. The molecule has 1 aliphatic heterocycles. The molecule has 8 heteroatoms. The Hall–Kier alpha value is -3.03. The molecule has 1 fully saturated rings. The highest BCUT2D eigenvalue weighted by Gasteiger charge is 2.31. The lowest BCUT2D eigenvalue weighted by Gasteiger charge is -2.17. The zero-order valence-corrected chi connectivity index (χ0v) is 14.1. The van der Waals surface area contributed by atoms with Crippen molar-refractivity contribution in [1.29, 1.82) is 0 Å². The Kier molecular flexibility index (Phi) is 4.02. The molecule has 0 aliphatic carbocycles. The van der Waals surface area contributed by atoms with Crippen molar-refractivity contribution in [3.05, 3.63) is 54.0 Å². The van der Waals surface area contributed by atoms with Crippen molar-refractivity contribution in [3.8, 4) is 0 Å². The molecule has 2 aromatic heterocycles. The minimum atomic E-state index is -0.670. The lowest BCUT2D eigenvalue weighted by molar-refractivity contribution is 0.221. The van der Waals surface area contributed by atoms with Crippen LogP contribution in [0.25, 0.3) is 11.2 Å². The number of halogens is 2. The fourth-order valence-corrected chi connectivity index (χ4v) is 3.35. The number of imidazole rings is 1. The van der Waals surface area contributed by atoms with Gasteiger partial charge in [-0.15, -0.1) is 0 Å². The maximum Gasteiger partial charge on any atom is 0.321 e. The fraction of sp³-hybridized carbons (Fsp3) is 0.278. The van der Waals surface area contributed by atoms with E-state index in [1.807, 2.05) is 23.7 Å². The van der Waals surface area contributed by atoms with Crippen molar-refractivity contribution in [2.75, 3.05) is 18.4 Å². The van der Waals surface area contributed by atoms with Crippen LogP contribution in [0.15, 0.2) is 36.5 Å². The molecular weight excluding hydrogens is 340 g/mol. The molecule has 1 aliphatic rings. The van der Waals surface area contributed by atoms with Gasteiger partial charge in [-0.05, 0) is 30.7 Å². The van der Waals surface area contributed by atoms with Crippen molar-refractivity contribution < 1.29 is 13.6 Å². The Morgan fingerprint density at radius 2 is 2.15 bits per heavy atom. The van der Waals surface area contributed by atoms with E-state index in [0.29, 0.717) is 13.1 Å². The van der Waals surface area contributed by atoms with Gasteiger partial charge in [0.2, 0.25) is 0 Å². The molecule has 1 saturated heterocycles. The van der Waals surface area contributed by atoms with E-state index in [0.717, 1.165) is 41.6 Å². The van der Waals surface area contributed by atoms with Crippen LogP contribution < -0.4 is 5.32 Å². The Morgan fingerprint density at radius 3 is 2.96 bits per heavy atom. The van der Waals surface area contributed by atoms with Crippen LogP contribution in [0.3, 0.4) is 0 Å². The van der Waals surface area contributed by atoms with Gasteiger partial charge in [0.1, 0.15) is 23.0 Å². The Balaban J connectivity index is 1.50. The van der Waals surface area contributed by atoms with E-state index in [-0.39, 0.29) is 11.6 Å². The number of urea groups is 1. The quantitative estimate of drug-likeness (QED) is 0.766. The highest BCUT2D eigenvalue weighted by atomic mass is 19.1. The Bertz CT molecular complexity index is 987. The van der Waals surface area contributed by atoms with Gasteiger partial charge in [-0.3, -0.25) is 0 Å². The lowest BCUT2D eigenvalue weighted by Crippen LogP contribution is -2.33. The molecule has 1 N–H and O–H groups in total. The van der Waals surface area contributed by atoms with Gasteiger partial charge in [0.15, 0.2) is 5.65 Å². The van der Waals surface area contributed by atoms with Gasteiger partial charge in [0.05, 0.1) is 5.69 Å². The predicted octanol–water partition coefficient (Wildman–Crippen LogP) is 3.27. The van der Waals surface area contributed by atoms with E-state index < -0.39 is 17.7 Å². The van der Waals surface area contributed by atoms with E-state index in [2.05, 4.69) is 15.3 Å². The van der Waals surface area contributed by atoms with E-state index >= 15 is 0 Å². The van der Waals surface area contributed by atoms with E-state index in [1.54, 1.807) is 11.1 Å². The zero-order valence-electron chi connectivity index (χ0n) is 14.1. The van der Waals surface area contributed by atoms with Crippen molar-refractivity contribution in [2.45, 2.75) is 12.3 Å². The third kappa shape index (κ3) is 2.87. The third-order valence-corrected chi connectivity index (χ3v) is 4.67. The van der Waals surface area contributed by atoms with Crippen LogP contribution in [0.5, 0.6) is 0 Å². The summed E-state index contributed by atoms with van der Waals surface area (Å²) in [5.41, 5.74) is 1.45. The normalized spacial score (nSPS) is 17.0. The number of fused-ring (bicyclic) bond motifs is 1. The van der Waals surface area contributed by atoms with E-state index in [9.17, 15) is 13.6 Å². The summed E-state index contributed by atoms with van der Waals surface area (Å²) in [6.45, 7) is 0.976. The topological polar surface area (TPSA) is 63.1 Å². The van der Waals surface area contributed by atoms with Gasteiger partial charge in [-0.25, -0.2) is 23.5 Å². The Morgan fingerprint density at radius 1 is 1.31 bits per heavy atom. The first kappa shape index (κ1) is 16.4. The number of aryl methyl sites for hydroxylation is 1. The number of nitrogens with one attached hydrogen (secondary N) is 1. The van der Waals surface area contributed by atoms with Crippen LogP contribution in [0.2, 0.25) is 0 Å². The molecule has 3 heterocycles. The average molecular weight is 357 g/mol. The summed E-state index contributed by atoms with van der Waals surface area (Å²) < 4.78 is 28.9. The number of amides is 2. The molecule has 2 amide bonds. The van der Waals surface area contributed by atoms with Crippen LogP contribution in [0.1, 0.15) is 18.2 Å². The molecule has 0 bridgehead atoms. The first-order valence-corrected chi connectivity index (χ1v) is 8.31. The Labute approximate surface area is 148 Å². The smallest absolute Gasteiger partial charge is 0.321 e. The largest absolute Gasteiger partial charge is 0.324 e. The van der Waals surface area contributed by atoms with E-state index in [4.69, 9.17) is 0 Å². The average Bonchev–Trinajstić information content (AvgIpc) is 3.24. The number of hydrogen-bond acceptors (Lipinski definition) is 3. The number of pyridine rings is 1. The van der Waals surface area contributed by atoms with Gasteiger partial charge in [-0.1, -0.05) is 0 Å². The monoisotopic (exact) mass is 357 g/mol. The van der Waals surface area contributed by atoms with Gasteiger partial charge < -0.3 is 14.8 Å². The number of hydrogen-bond donors (Lipinski definition) is 1. The summed E-state index contributed by atoms with van der Waals surface area (Å²) in [5.74, 6) is -0.339. The van der Waals surface area contributed by atoms with E-state index in [1.165, 1.54) is 0 Å². The number of anilines is 1. The second kappa shape index (κ2) is 6.36. The molecule has 3 aromatic rings. The van der Waals surface area contributed by atoms with Crippen LogP contribution in [-0.2, 0) is 7.05 Å². The second-order valence-corrected chi connectivity index (χ2v) is 6.36. The molecule has 1 aromatic carbocycles. The van der Waals surface area contributed by atoms with Crippen molar-refractivity contribution in [1.82, 2.24) is 19.4 Å². The van der Waals surface area contributed by atoms with Crippen LogP contribution in [-0.4, -0.2) is 38.6 Å². The summed E-state index contributed by atoms with van der Waals surface area (Å²) in [7, 11) is 1.91. The highest BCUT2D eigenvalue weighted by molar-refractivity contribution is 5.89. The number of benzene rings is 1. The number of carbonyl (C=O) groups excluding carboxylic acids is 1. The molecule has 1 unspecified atom stereocenters.